The van der Waals surface area contributed by atoms with Gasteiger partial charge in [0.15, 0.2) is 11.9 Å². The van der Waals surface area contributed by atoms with Crippen LogP contribution in [0.25, 0.3) is 0 Å². The second-order valence-corrected chi connectivity index (χ2v) is 9.84. The Morgan fingerprint density at radius 3 is 2.32 bits per heavy atom. The summed E-state index contributed by atoms with van der Waals surface area (Å²) in [5.74, 6) is -2.29. The second kappa shape index (κ2) is 11.5. The van der Waals surface area contributed by atoms with Gasteiger partial charge in [-0.05, 0) is 42.7 Å². The summed E-state index contributed by atoms with van der Waals surface area (Å²) in [5.41, 5.74) is 1.96. The predicted molar refractivity (Wildman–Crippen MR) is 134 cm³/mol. The summed E-state index contributed by atoms with van der Waals surface area (Å²) in [6, 6.07) is 14.5. The molecule has 4 rings (SSSR count). The van der Waals surface area contributed by atoms with Crippen molar-refractivity contribution in [3.8, 4) is 0 Å². The van der Waals surface area contributed by atoms with Crippen molar-refractivity contribution in [1.82, 2.24) is 4.90 Å². The third-order valence-corrected chi connectivity index (χ3v) is 7.51. The molecular weight excluding hydrogens is 516 g/mol. The number of amides is 1. The molecule has 12 heteroatoms. The number of Topliss-reactive ketones (excluding diaryl/α,β-unsaturated/α-hetero) is 1. The Balaban J connectivity index is 1.39. The van der Waals surface area contributed by atoms with Crippen LogP contribution in [0.2, 0.25) is 0 Å². The molecular formula is C26H24N2O9S. The highest BCUT2D eigenvalue weighted by molar-refractivity contribution is 8.00. The van der Waals surface area contributed by atoms with E-state index in [-0.39, 0.29) is 24.6 Å². The van der Waals surface area contributed by atoms with E-state index in [1.807, 2.05) is 30.3 Å². The number of non-ortho nitro benzene ring substituents is 1. The van der Waals surface area contributed by atoms with Crippen molar-refractivity contribution in [2.45, 2.75) is 38.5 Å². The number of rotatable bonds is 9. The lowest BCUT2D eigenvalue weighted by atomic mass is 9.88. The maximum atomic E-state index is 13.2. The fraction of sp³-hybridized carbons (Fsp3) is 0.308. The van der Waals surface area contributed by atoms with Crippen molar-refractivity contribution in [1.29, 1.82) is 0 Å². The molecule has 2 aromatic carbocycles. The predicted octanol–water partition coefficient (Wildman–Crippen LogP) is 3.75. The lowest BCUT2D eigenvalue weighted by molar-refractivity contribution is -0.384. The first kappa shape index (κ1) is 26.9. The third kappa shape index (κ3) is 5.70. The van der Waals surface area contributed by atoms with Crippen LogP contribution in [0.4, 0.5) is 10.5 Å². The van der Waals surface area contributed by atoms with Crippen LogP contribution in [0.1, 0.15) is 25.0 Å². The Hall–Kier alpha value is -4.19. The molecule has 1 fully saturated rings. The highest BCUT2D eigenvalue weighted by atomic mass is 32.2. The molecule has 1 saturated heterocycles. The number of nitro benzene ring substituents is 1. The Kier molecular flexibility index (Phi) is 8.10. The summed E-state index contributed by atoms with van der Waals surface area (Å²) in [7, 11) is 0. The van der Waals surface area contributed by atoms with E-state index < -0.39 is 46.1 Å². The van der Waals surface area contributed by atoms with E-state index in [2.05, 4.69) is 0 Å². The van der Waals surface area contributed by atoms with Gasteiger partial charge in [0.2, 0.25) is 5.91 Å². The first-order chi connectivity index (χ1) is 18.2. The maximum Gasteiger partial charge on any atom is 0.509 e. The van der Waals surface area contributed by atoms with Crippen LogP contribution < -0.4 is 0 Å². The van der Waals surface area contributed by atoms with E-state index in [9.17, 15) is 29.3 Å². The Morgan fingerprint density at radius 1 is 1.05 bits per heavy atom. The van der Waals surface area contributed by atoms with Gasteiger partial charge in [-0.15, -0.1) is 11.8 Å². The van der Waals surface area contributed by atoms with Crippen molar-refractivity contribution in [3.63, 3.8) is 0 Å². The molecule has 3 atom stereocenters. The standard InChI is InChI=1S/C26H24N2O9S/c1-15-14-38-24-20(23(30)27(24)21(15)25(31)35-12-17-6-4-3-5-7-17)22(16(2)29)37-26(32)36-13-18-8-10-19(11-9-18)28(33)34/h3-11,20,22,24H,12-14H2,1-2H3/t20-,22?,24-/m0/s1. The molecule has 0 aliphatic carbocycles. The van der Waals surface area contributed by atoms with E-state index in [0.717, 1.165) is 5.56 Å². The van der Waals surface area contributed by atoms with Gasteiger partial charge in [0.1, 0.15) is 24.8 Å². The van der Waals surface area contributed by atoms with E-state index in [4.69, 9.17) is 14.2 Å². The van der Waals surface area contributed by atoms with Crippen molar-refractivity contribution in [2.24, 2.45) is 5.92 Å². The smallest absolute Gasteiger partial charge is 0.456 e. The zero-order valence-corrected chi connectivity index (χ0v) is 21.3. The highest BCUT2D eigenvalue weighted by Crippen LogP contribution is 2.46. The van der Waals surface area contributed by atoms with Crippen LogP contribution in [0.3, 0.4) is 0 Å². The highest BCUT2D eigenvalue weighted by Gasteiger charge is 2.58. The third-order valence-electron chi connectivity index (χ3n) is 6.06. The van der Waals surface area contributed by atoms with Crippen molar-refractivity contribution < 1.29 is 38.3 Å². The number of fused-ring (bicyclic) bond motifs is 1. The number of hydrogen-bond donors (Lipinski definition) is 0. The molecule has 0 radical (unpaired) electrons. The quantitative estimate of drug-likeness (QED) is 0.200. The molecule has 1 unspecified atom stereocenters. The molecule has 2 aliphatic heterocycles. The first-order valence-electron chi connectivity index (χ1n) is 11.6. The number of hydrogen-bond acceptors (Lipinski definition) is 10. The van der Waals surface area contributed by atoms with Gasteiger partial charge in [-0.25, -0.2) is 9.59 Å². The average Bonchev–Trinajstić information content (AvgIpc) is 2.91. The minimum absolute atomic E-state index is 0.0412. The number of nitrogens with zero attached hydrogens (tertiary/aromatic N) is 2. The van der Waals surface area contributed by atoms with Crippen LogP contribution in [0.15, 0.2) is 65.9 Å². The van der Waals surface area contributed by atoms with Crippen molar-refractivity contribution >= 4 is 41.3 Å². The van der Waals surface area contributed by atoms with Crippen LogP contribution in [0, 0.1) is 16.0 Å². The molecule has 0 N–H and O–H groups in total. The fourth-order valence-electron chi connectivity index (χ4n) is 4.13. The molecule has 0 aromatic heterocycles. The summed E-state index contributed by atoms with van der Waals surface area (Å²) in [5, 5.41) is 10.2. The van der Waals surface area contributed by atoms with Gasteiger partial charge >= 0.3 is 12.1 Å². The van der Waals surface area contributed by atoms with Crippen molar-refractivity contribution in [2.75, 3.05) is 5.75 Å². The molecule has 2 aromatic rings. The lowest BCUT2D eigenvalue weighted by Crippen LogP contribution is -2.66. The van der Waals surface area contributed by atoms with E-state index in [1.165, 1.54) is 47.9 Å². The SMILES string of the molecule is CC(=O)C(OC(=O)OCc1ccc([N+](=O)[O-])cc1)[C@H]1C(=O)N2C(C(=O)OCc3ccccc3)=C(C)CS[C@@H]12. The lowest BCUT2D eigenvalue weighted by Gasteiger charge is -2.50. The fourth-order valence-corrected chi connectivity index (χ4v) is 5.51. The van der Waals surface area contributed by atoms with Gasteiger partial charge in [0.25, 0.3) is 5.69 Å². The van der Waals surface area contributed by atoms with Crippen LogP contribution in [-0.2, 0) is 41.8 Å². The van der Waals surface area contributed by atoms with E-state index in [1.54, 1.807) is 6.92 Å². The second-order valence-electron chi connectivity index (χ2n) is 8.74. The van der Waals surface area contributed by atoms with Gasteiger partial charge < -0.3 is 14.2 Å². The Bertz CT molecular complexity index is 1290. The number of carbonyl (C=O) groups is 4. The molecule has 2 aliphatic rings. The minimum atomic E-state index is -1.40. The normalized spacial score (nSPS) is 19.1. The summed E-state index contributed by atoms with van der Waals surface area (Å²) < 4.78 is 15.7. The number of thioether (sulfide) groups is 1. The monoisotopic (exact) mass is 540 g/mol. The molecule has 0 saturated carbocycles. The number of benzene rings is 2. The molecule has 11 nitrogen and oxygen atoms in total. The van der Waals surface area contributed by atoms with Gasteiger partial charge in [0, 0.05) is 17.9 Å². The molecule has 1 amide bonds. The van der Waals surface area contributed by atoms with Gasteiger partial charge in [-0.3, -0.25) is 24.6 Å². The van der Waals surface area contributed by atoms with Gasteiger partial charge in [-0.2, -0.15) is 0 Å². The largest absolute Gasteiger partial charge is 0.509 e. The summed E-state index contributed by atoms with van der Waals surface area (Å²) in [6.45, 7) is 2.73. The number of ketones is 1. The van der Waals surface area contributed by atoms with Crippen LogP contribution in [0.5, 0.6) is 0 Å². The maximum absolute atomic E-state index is 13.2. The van der Waals surface area contributed by atoms with Gasteiger partial charge in [0.05, 0.1) is 10.3 Å². The summed E-state index contributed by atoms with van der Waals surface area (Å²) >= 11 is 1.36. The number of nitro groups is 1. The first-order valence-corrected chi connectivity index (χ1v) is 12.6. The number of esters is 1. The topological polar surface area (TPSA) is 142 Å². The average molecular weight is 541 g/mol. The zero-order chi connectivity index (χ0) is 27.4. The number of carbonyl (C=O) groups excluding carboxylic acids is 4. The van der Waals surface area contributed by atoms with E-state index in [0.29, 0.717) is 16.9 Å². The Labute approximate surface area is 221 Å². The van der Waals surface area contributed by atoms with E-state index >= 15 is 0 Å². The summed E-state index contributed by atoms with van der Waals surface area (Å²) in [6.07, 6.45) is -2.56. The summed E-state index contributed by atoms with van der Waals surface area (Å²) in [4.78, 5) is 62.3. The number of β-lactam (4-membered cyclic amide) rings is 1. The van der Waals surface area contributed by atoms with Crippen LogP contribution >= 0.6 is 11.8 Å². The zero-order valence-electron chi connectivity index (χ0n) is 20.5. The molecule has 2 heterocycles. The van der Waals surface area contributed by atoms with Crippen LogP contribution in [-0.4, -0.2) is 50.9 Å². The minimum Gasteiger partial charge on any atom is -0.456 e. The molecule has 198 valence electrons. The molecule has 0 spiro atoms. The Morgan fingerprint density at radius 2 is 1.68 bits per heavy atom. The number of ether oxygens (including phenoxy) is 3. The molecule has 38 heavy (non-hydrogen) atoms. The van der Waals surface area contributed by atoms with Gasteiger partial charge in [-0.1, -0.05) is 30.3 Å². The van der Waals surface area contributed by atoms with Crippen molar-refractivity contribution in [3.05, 3.63) is 87.1 Å². The molecule has 0 bridgehead atoms.